The first-order valence-electron chi connectivity index (χ1n) is 7.54. The Hall–Kier alpha value is -0.970. The van der Waals surface area contributed by atoms with Crippen molar-refractivity contribution in [3.05, 3.63) is 35.9 Å². The van der Waals surface area contributed by atoms with Gasteiger partial charge in [0.1, 0.15) is 0 Å². The summed E-state index contributed by atoms with van der Waals surface area (Å²) in [5, 5.41) is 0. The highest BCUT2D eigenvalue weighted by molar-refractivity contribution is 7.80. The van der Waals surface area contributed by atoms with Crippen LogP contribution >= 0.6 is 12.2 Å². The van der Waals surface area contributed by atoms with Crippen molar-refractivity contribution in [2.75, 3.05) is 32.7 Å². The van der Waals surface area contributed by atoms with Crippen molar-refractivity contribution in [3.63, 3.8) is 0 Å². The van der Waals surface area contributed by atoms with Gasteiger partial charge in [-0.25, -0.2) is 0 Å². The predicted octanol–water partition coefficient (Wildman–Crippen LogP) is 1.84. The summed E-state index contributed by atoms with van der Waals surface area (Å²) in [6.45, 7) is 5.63. The number of nitrogens with two attached hydrogens (primary N) is 1. The molecule has 0 bridgehead atoms. The third-order valence-electron chi connectivity index (χ3n) is 4.46. The molecule has 0 spiro atoms. The Morgan fingerprint density at radius 2 is 1.80 bits per heavy atom. The van der Waals surface area contributed by atoms with Gasteiger partial charge in [-0.2, -0.15) is 0 Å². The topological polar surface area (TPSA) is 32.5 Å². The number of hydrogen-bond acceptors (Lipinski definition) is 3. The molecule has 1 saturated heterocycles. The maximum absolute atomic E-state index is 5.97. The molecule has 108 valence electrons. The van der Waals surface area contributed by atoms with Gasteiger partial charge in [-0.3, -0.25) is 9.80 Å². The molecule has 2 aliphatic rings. The van der Waals surface area contributed by atoms with Gasteiger partial charge in [-0.15, -0.1) is 0 Å². The van der Waals surface area contributed by atoms with E-state index in [1.807, 2.05) is 6.07 Å². The minimum atomic E-state index is 0.179. The van der Waals surface area contributed by atoms with E-state index < -0.39 is 0 Å². The van der Waals surface area contributed by atoms with E-state index in [1.54, 1.807) is 0 Å². The Balaban J connectivity index is 1.58. The van der Waals surface area contributed by atoms with Crippen LogP contribution in [0.4, 0.5) is 0 Å². The third-order valence-corrected chi connectivity index (χ3v) is 4.74. The summed E-state index contributed by atoms with van der Waals surface area (Å²) in [5.74, 6) is 0.179. The zero-order chi connectivity index (χ0) is 13.9. The first kappa shape index (κ1) is 14.0. The molecule has 20 heavy (non-hydrogen) atoms. The maximum Gasteiger partial charge on any atom is 0.0816 e. The van der Waals surface area contributed by atoms with Crippen molar-refractivity contribution in [2.45, 2.75) is 24.8 Å². The van der Waals surface area contributed by atoms with Crippen LogP contribution in [-0.4, -0.2) is 53.6 Å². The summed E-state index contributed by atoms with van der Waals surface area (Å²) in [4.78, 5) is 5.76. The van der Waals surface area contributed by atoms with E-state index >= 15 is 0 Å². The maximum atomic E-state index is 5.97. The zero-order valence-electron chi connectivity index (χ0n) is 11.9. The molecule has 3 nitrogen and oxygen atoms in total. The van der Waals surface area contributed by atoms with E-state index in [0.29, 0.717) is 4.99 Å². The normalized spacial score (nSPS) is 22.6. The third kappa shape index (κ3) is 3.37. The second-order valence-electron chi connectivity index (χ2n) is 5.93. The van der Waals surface area contributed by atoms with Crippen LogP contribution in [0.1, 0.15) is 24.3 Å². The Labute approximate surface area is 126 Å². The molecule has 1 atom stereocenters. The van der Waals surface area contributed by atoms with E-state index in [-0.39, 0.29) is 5.92 Å². The van der Waals surface area contributed by atoms with Gasteiger partial charge in [-0.1, -0.05) is 42.5 Å². The summed E-state index contributed by atoms with van der Waals surface area (Å²) in [6.07, 6.45) is 2.80. The van der Waals surface area contributed by atoms with Gasteiger partial charge < -0.3 is 5.73 Å². The fourth-order valence-corrected chi connectivity index (χ4v) is 3.26. The van der Waals surface area contributed by atoms with E-state index in [2.05, 4.69) is 34.1 Å². The van der Waals surface area contributed by atoms with E-state index in [1.165, 1.54) is 31.5 Å². The Morgan fingerprint density at radius 3 is 2.35 bits per heavy atom. The van der Waals surface area contributed by atoms with Gasteiger partial charge in [0.2, 0.25) is 0 Å². The molecule has 1 saturated carbocycles. The number of benzene rings is 1. The molecule has 4 heteroatoms. The second-order valence-corrected chi connectivity index (χ2v) is 6.40. The Kier molecular flexibility index (Phi) is 4.34. The first-order valence-corrected chi connectivity index (χ1v) is 7.95. The SMILES string of the molecule is NC(=S)C(CN1CCN(C2CC2)CC1)c1ccccc1. The minimum absolute atomic E-state index is 0.179. The lowest BCUT2D eigenvalue weighted by atomic mass is 9.98. The lowest BCUT2D eigenvalue weighted by Gasteiger charge is -2.36. The smallest absolute Gasteiger partial charge is 0.0816 e. The van der Waals surface area contributed by atoms with Gasteiger partial charge >= 0.3 is 0 Å². The average molecular weight is 289 g/mol. The number of nitrogens with zero attached hydrogens (tertiary/aromatic N) is 2. The van der Waals surface area contributed by atoms with Gasteiger partial charge in [0.05, 0.1) is 4.99 Å². The van der Waals surface area contributed by atoms with E-state index in [4.69, 9.17) is 18.0 Å². The highest BCUT2D eigenvalue weighted by Gasteiger charge is 2.31. The summed E-state index contributed by atoms with van der Waals surface area (Å²) in [5.41, 5.74) is 7.21. The van der Waals surface area contributed by atoms with Crippen molar-refractivity contribution < 1.29 is 0 Å². The van der Waals surface area contributed by atoms with Gasteiger partial charge in [-0.05, 0) is 18.4 Å². The van der Waals surface area contributed by atoms with Crippen LogP contribution in [0.5, 0.6) is 0 Å². The molecule has 3 rings (SSSR count). The zero-order valence-corrected chi connectivity index (χ0v) is 12.7. The molecular weight excluding hydrogens is 266 g/mol. The van der Waals surface area contributed by atoms with Crippen LogP contribution in [0.3, 0.4) is 0 Å². The molecule has 1 aromatic rings. The fourth-order valence-electron chi connectivity index (χ4n) is 3.05. The monoisotopic (exact) mass is 289 g/mol. The Bertz CT molecular complexity index is 450. The lowest BCUT2D eigenvalue weighted by Crippen LogP contribution is -2.49. The highest BCUT2D eigenvalue weighted by atomic mass is 32.1. The summed E-state index contributed by atoms with van der Waals surface area (Å²) >= 11 is 5.28. The van der Waals surface area contributed by atoms with E-state index in [0.717, 1.165) is 25.7 Å². The fraction of sp³-hybridized carbons (Fsp3) is 0.562. The average Bonchev–Trinajstić information content (AvgIpc) is 3.31. The summed E-state index contributed by atoms with van der Waals surface area (Å²) < 4.78 is 0. The quantitative estimate of drug-likeness (QED) is 0.838. The predicted molar refractivity (Wildman–Crippen MR) is 87.0 cm³/mol. The van der Waals surface area contributed by atoms with Crippen LogP contribution in [0, 0.1) is 0 Å². The molecule has 2 fully saturated rings. The number of thiocarbonyl (C=S) groups is 1. The van der Waals surface area contributed by atoms with Crippen molar-refractivity contribution in [3.8, 4) is 0 Å². The number of piperazine rings is 1. The van der Waals surface area contributed by atoms with Crippen LogP contribution in [0.25, 0.3) is 0 Å². The first-order chi connectivity index (χ1) is 9.74. The van der Waals surface area contributed by atoms with Gasteiger partial charge in [0.15, 0.2) is 0 Å². The van der Waals surface area contributed by atoms with Gasteiger partial charge in [0.25, 0.3) is 0 Å². The minimum Gasteiger partial charge on any atom is -0.393 e. The molecule has 0 radical (unpaired) electrons. The van der Waals surface area contributed by atoms with Crippen LogP contribution in [-0.2, 0) is 0 Å². The Morgan fingerprint density at radius 1 is 1.15 bits per heavy atom. The molecule has 1 heterocycles. The molecular formula is C16H23N3S. The molecule has 1 aliphatic heterocycles. The van der Waals surface area contributed by atoms with Crippen LogP contribution in [0.15, 0.2) is 30.3 Å². The largest absolute Gasteiger partial charge is 0.393 e. The van der Waals surface area contributed by atoms with Crippen molar-refractivity contribution in [1.82, 2.24) is 9.80 Å². The summed E-state index contributed by atoms with van der Waals surface area (Å²) in [6, 6.07) is 11.3. The van der Waals surface area contributed by atoms with Crippen LogP contribution < -0.4 is 5.73 Å². The molecule has 1 aliphatic carbocycles. The highest BCUT2D eigenvalue weighted by Crippen LogP contribution is 2.28. The molecule has 1 aromatic carbocycles. The van der Waals surface area contributed by atoms with Crippen molar-refractivity contribution in [2.24, 2.45) is 5.73 Å². The standard InChI is InChI=1S/C16H23N3S/c17-16(20)15(13-4-2-1-3-5-13)12-18-8-10-19(11-9-18)14-6-7-14/h1-5,14-15H,6-12H2,(H2,17,20). The van der Waals surface area contributed by atoms with E-state index in [9.17, 15) is 0 Å². The van der Waals surface area contributed by atoms with Gasteiger partial charge in [0, 0.05) is 44.7 Å². The second kappa shape index (κ2) is 6.20. The number of rotatable bonds is 5. The lowest BCUT2D eigenvalue weighted by molar-refractivity contribution is 0.126. The molecule has 1 unspecified atom stereocenters. The number of hydrogen-bond donors (Lipinski definition) is 1. The van der Waals surface area contributed by atoms with Crippen molar-refractivity contribution in [1.29, 1.82) is 0 Å². The molecule has 2 N–H and O–H groups in total. The van der Waals surface area contributed by atoms with Crippen molar-refractivity contribution >= 4 is 17.2 Å². The van der Waals surface area contributed by atoms with Crippen LogP contribution in [0.2, 0.25) is 0 Å². The molecule has 0 amide bonds. The molecule has 0 aromatic heterocycles. The summed E-state index contributed by atoms with van der Waals surface area (Å²) in [7, 11) is 0.